The molecule has 94 valence electrons. The fourth-order valence-corrected chi connectivity index (χ4v) is 2.45. The molecular weight excluding hydrogens is 236 g/mol. The molecule has 1 fully saturated rings. The largest absolute Gasteiger partial charge is 0.488 e. The smallest absolute Gasteiger partial charge is 0.160 e. The van der Waals surface area contributed by atoms with Gasteiger partial charge in [-0.3, -0.25) is 0 Å². The van der Waals surface area contributed by atoms with Crippen LogP contribution >= 0.6 is 11.6 Å². The van der Waals surface area contributed by atoms with E-state index in [1.54, 1.807) is 6.07 Å². The van der Waals surface area contributed by atoms with Crippen molar-refractivity contribution in [3.05, 3.63) is 23.2 Å². The number of ether oxygens (including phenoxy) is 1. The molecule has 1 aromatic rings. The molecule has 1 heterocycles. The van der Waals surface area contributed by atoms with Gasteiger partial charge in [0.15, 0.2) is 5.75 Å². The van der Waals surface area contributed by atoms with E-state index in [2.05, 4.69) is 11.9 Å². The Morgan fingerprint density at radius 3 is 3.00 bits per heavy atom. The Labute approximate surface area is 107 Å². The summed E-state index contributed by atoms with van der Waals surface area (Å²) in [6.07, 6.45) is 3.73. The molecule has 1 atom stereocenters. The summed E-state index contributed by atoms with van der Waals surface area (Å²) < 4.78 is 5.78. The molecule has 0 saturated carbocycles. The number of likely N-dealkylation sites (N-methyl/N-ethyl adjacent to an activating group) is 1. The first-order valence-corrected chi connectivity index (χ1v) is 6.43. The van der Waals surface area contributed by atoms with Crippen molar-refractivity contribution in [3.8, 4) is 5.75 Å². The summed E-state index contributed by atoms with van der Waals surface area (Å²) in [5.41, 5.74) is 6.46. The molecule has 0 spiro atoms. The average molecular weight is 255 g/mol. The Morgan fingerprint density at radius 2 is 2.29 bits per heavy atom. The second-order valence-electron chi connectivity index (χ2n) is 4.60. The number of anilines is 1. The van der Waals surface area contributed by atoms with Gasteiger partial charge < -0.3 is 15.4 Å². The van der Waals surface area contributed by atoms with Gasteiger partial charge >= 0.3 is 0 Å². The van der Waals surface area contributed by atoms with E-state index in [0.717, 1.165) is 6.54 Å². The summed E-state index contributed by atoms with van der Waals surface area (Å²) in [5, 5.41) is 0.587. The molecule has 0 radical (unpaired) electrons. The number of hydrogen-bond acceptors (Lipinski definition) is 3. The van der Waals surface area contributed by atoms with E-state index < -0.39 is 0 Å². The van der Waals surface area contributed by atoms with Crippen LogP contribution in [0.3, 0.4) is 0 Å². The minimum absolute atomic E-state index is 0.472. The van der Waals surface area contributed by atoms with E-state index >= 15 is 0 Å². The lowest BCUT2D eigenvalue weighted by Crippen LogP contribution is -2.40. The SMILES string of the molecule is CN1CCCCC1COc1c(N)cccc1Cl. The highest BCUT2D eigenvalue weighted by Crippen LogP contribution is 2.31. The second-order valence-corrected chi connectivity index (χ2v) is 5.01. The third kappa shape index (κ3) is 3.05. The highest BCUT2D eigenvalue weighted by molar-refractivity contribution is 6.32. The van der Waals surface area contributed by atoms with E-state index in [9.17, 15) is 0 Å². The molecule has 0 amide bonds. The van der Waals surface area contributed by atoms with Crippen molar-refractivity contribution in [1.29, 1.82) is 0 Å². The number of para-hydroxylation sites is 1. The van der Waals surface area contributed by atoms with Crippen molar-refractivity contribution in [3.63, 3.8) is 0 Å². The summed E-state index contributed by atoms with van der Waals surface area (Å²) in [6, 6.07) is 5.92. The Hall–Kier alpha value is -0.930. The van der Waals surface area contributed by atoms with E-state index in [1.807, 2.05) is 12.1 Å². The topological polar surface area (TPSA) is 38.5 Å². The monoisotopic (exact) mass is 254 g/mol. The van der Waals surface area contributed by atoms with Crippen molar-refractivity contribution < 1.29 is 4.74 Å². The maximum atomic E-state index is 6.06. The standard InChI is InChI=1S/C13H19ClN2O/c1-16-8-3-2-5-10(16)9-17-13-11(14)6-4-7-12(13)15/h4,6-7,10H,2-3,5,8-9,15H2,1H3. The van der Waals surface area contributed by atoms with E-state index in [1.165, 1.54) is 19.3 Å². The summed E-state index contributed by atoms with van der Waals surface area (Å²) in [6.45, 7) is 1.80. The molecule has 3 nitrogen and oxygen atoms in total. The zero-order valence-electron chi connectivity index (χ0n) is 10.2. The van der Waals surface area contributed by atoms with Gasteiger partial charge in [-0.15, -0.1) is 0 Å². The van der Waals surface area contributed by atoms with Crippen LogP contribution in [0.2, 0.25) is 5.02 Å². The predicted molar refractivity (Wildman–Crippen MR) is 71.6 cm³/mol. The maximum Gasteiger partial charge on any atom is 0.160 e. The lowest BCUT2D eigenvalue weighted by Gasteiger charge is -2.32. The Morgan fingerprint density at radius 1 is 1.47 bits per heavy atom. The number of nitrogens with two attached hydrogens (primary N) is 1. The van der Waals surface area contributed by atoms with E-state index in [0.29, 0.717) is 29.1 Å². The molecule has 2 N–H and O–H groups in total. The molecule has 1 unspecified atom stereocenters. The first-order valence-electron chi connectivity index (χ1n) is 6.05. The normalized spacial score (nSPS) is 21.4. The van der Waals surface area contributed by atoms with Gasteiger partial charge in [0.05, 0.1) is 10.7 Å². The Kier molecular flexibility index (Phi) is 4.13. The third-order valence-corrected chi connectivity index (χ3v) is 3.64. The van der Waals surface area contributed by atoms with Crippen LogP contribution < -0.4 is 10.5 Å². The zero-order chi connectivity index (χ0) is 12.3. The quantitative estimate of drug-likeness (QED) is 0.843. The van der Waals surface area contributed by atoms with Gasteiger partial charge in [0.2, 0.25) is 0 Å². The van der Waals surface area contributed by atoms with Crippen LogP contribution in [0.15, 0.2) is 18.2 Å². The zero-order valence-corrected chi connectivity index (χ0v) is 10.9. The minimum Gasteiger partial charge on any atom is -0.488 e. The molecule has 0 aliphatic carbocycles. The molecular formula is C13H19ClN2O. The molecule has 1 saturated heterocycles. The van der Waals surface area contributed by atoms with Crippen LogP contribution in [0.25, 0.3) is 0 Å². The van der Waals surface area contributed by atoms with Gasteiger partial charge in [0, 0.05) is 6.04 Å². The van der Waals surface area contributed by atoms with Crippen LogP contribution in [-0.2, 0) is 0 Å². The second kappa shape index (κ2) is 5.61. The van der Waals surface area contributed by atoms with Gasteiger partial charge in [-0.1, -0.05) is 24.1 Å². The Balaban J connectivity index is 1.97. The fraction of sp³-hybridized carbons (Fsp3) is 0.538. The van der Waals surface area contributed by atoms with Crippen LogP contribution in [0, 0.1) is 0 Å². The van der Waals surface area contributed by atoms with Gasteiger partial charge in [0.1, 0.15) is 6.61 Å². The first kappa shape index (κ1) is 12.5. The Bertz CT molecular complexity index is 363. The summed E-state index contributed by atoms with van der Waals surface area (Å²) in [7, 11) is 2.14. The van der Waals surface area contributed by atoms with Crippen LogP contribution in [0.4, 0.5) is 5.69 Å². The van der Waals surface area contributed by atoms with Crippen molar-refractivity contribution in [2.45, 2.75) is 25.3 Å². The summed E-state index contributed by atoms with van der Waals surface area (Å²) in [5.74, 6) is 0.619. The van der Waals surface area contributed by atoms with E-state index in [4.69, 9.17) is 22.1 Å². The first-order chi connectivity index (χ1) is 8.18. The number of nitrogen functional groups attached to an aromatic ring is 1. The average Bonchev–Trinajstić information content (AvgIpc) is 2.30. The van der Waals surface area contributed by atoms with Crippen molar-refractivity contribution in [2.24, 2.45) is 0 Å². The van der Waals surface area contributed by atoms with Gasteiger partial charge in [-0.25, -0.2) is 0 Å². The number of halogens is 1. The number of piperidine rings is 1. The van der Waals surface area contributed by atoms with Gasteiger partial charge in [-0.05, 0) is 38.6 Å². The lowest BCUT2D eigenvalue weighted by molar-refractivity contribution is 0.125. The third-order valence-electron chi connectivity index (χ3n) is 3.34. The maximum absolute atomic E-state index is 6.06. The molecule has 1 aromatic carbocycles. The van der Waals surface area contributed by atoms with Crippen molar-refractivity contribution in [2.75, 3.05) is 25.9 Å². The predicted octanol–water partition coefficient (Wildman–Crippen LogP) is 2.79. The molecule has 4 heteroatoms. The molecule has 1 aliphatic heterocycles. The van der Waals surface area contributed by atoms with E-state index in [-0.39, 0.29) is 0 Å². The van der Waals surface area contributed by atoms with Crippen LogP contribution in [0.1, 0.15) is 19.3 Å². The molecule has 0 aromatic heterocycles. The van der Waals surface area contributed by atoms with Crippen LogP contribution in [0.5, 0.6) is 5.75 Å². The molecule has 1 aliphatic rings. The number of nitrogens with zero attached hydrogens (tertiary/aromatic N) is 1. The number of rotatable bonds is 3. The molecule has 2 rings (SSSR count). The lowest BCUT2D eigenvalue weighted by atomic mass is 10.0. The number of benzene rings is 1. The number of likely N-dealkylation sites (tertiary alicyclic amines) is 1. The molecule has 0 bridgehead atoms. The highest BCUT2D eigenvalue weighted by Gasteiger charge is 2.20. The van der Waals surface area contributed by atoms with Crippen molar-refractivity contribution in [1.82, 2.24) is 4.90 Å². The molecule has 17 heavy (non-hydrogen) atoms. The minimum atomic E-state index is 0.472. The summed E-state index contributed by atoms with van der Waals surface area (Å²) >= 11 is 6.06. The highest BCUT2D eigenvalue weighted by atomic mass is 35.5. The fourth-order valence-electron chi connectivity index (χ4n) is 2.21. The number of hydrogen-bond donors (Lipinski definition) is 1. The summed E-state index contributed by atoms with van der Waals surface area (Å²) in [4.78, 5) is 2.34. The van der Waals surface area contributed by atoms with Gasteiger partial charge in [0.25, 0.3) is 0 Å². The van der Waals surface area contributed by atoms with Crippen molar-refractivity contribution >= 4 is 17.3 Å². The van der Waals surface area contributed by atoms with Gasteiger partial charge in [-0.2, -0.15) is 0 Å². The van der Waals surface area contributed by atoms with Crippen LogP contribution in [-0.4, -0.2) is 31.1 Å².